The van der Waals surface area contributed by atoms with E-state index in [0.717, 1.165) is 68.7 Å². The van der Waals surface area contributed by atoms with Crippen LogP contribution in [0.4, 0.5) is 11.8 Å². The van der Waals surface area contributed by atoms with E-state index in [0.29, 0.717) is 23.7 Å². The predicted molar refractivity (Wildman–Crippen MR) is 123 cm³/mol. The number of anilines is 2. The topological polar surface area (TPSA) is 55.8 Å². The molecule has 2 fully saturated rings. The Labute approximate surface area is 188 Å². The third kappa shape index (κ3) is 4.21. The number of nitrogens with zero attached hydrogens (tertiary/aromatic N) is 6. The number of fused-ring (bicyclic) bond motifs is 1. The van der Waals surface area contributed by atoms with Crippen molar-refractivity contribution in [3.8, 4) is 0 Å². The lowest BCUT2D eigenvalue weighted by Gasteiger charge is -2.35. The maximum Gasteiger partial charge on any atom is 0.254 e. The lowest BCUT2D eigenvalue weighted by Crippen LogP contribution is -2.45. The molecule has 2 aromatic rings. The van der Waals surface area contributed by atoms with Gasteiger partial charge in [0.15, 0.2) is 0 Å². The molecule has 8 heteroatoms. The molecule has 0 bridgehead atoms. The lowest BCUT2D eigenvalue weighted by atomic mass is 10.0. The minimum atomic E-state index is 0.0397. The monoisotopic (exact) mass is 440 g/mol. The number of hydrogen-bond acceptors (Lipinski definition) is 6. The van der Waals surface area contributed by atoms with Gasteiger partial charge in [-0.1, -0.05) is 11.6 Å². The largest absolute Gasteiger partial charge is 0.356 e. The fourth-order valence-corrected chi connectivity index (χ4v) is 4.80. The van der Waals surface area contributed by atoms with E-state index in [2.05, 4.69) is 21.7 Å². The summed E-state index contributed by atoms with van der Waals surface area (Å²) in [6.45, 7) is 7.25. The van der Waals surface area contributed by atoms with Crippen LogP contribution in [-0.2, 0) is 13.0 Å². The first-order valence-corrected chi connectivity index (χ1v) is 11.6. The van der Waals surface area contributed by atoms with E-state index in [1.165, 1.54) is 12.8 Å². The molecule has 5 rings (SSSR count). The van der Waals surface area contributed by atoms with Crippen molar-refractivity contribution in [2.24, 2.45) is 0 Å². The summed E-state index contributed by atoms with van der Waals surface area (Å²) in [5, 5.41) is 0.640. The van der Waals surface area contributed by atoms with Crippen LogP contribution in [0, 0.1) is 0 Å². The molecule has 164 valence electrons. The summed E-state index contributed by atoms with van der Waals surface area (Å²) < 4.78 is 0. The molecule has 0 saturated carbocycles. The number of likely N-dealkylation sites (N-methyl/N-ethyl adjacent to an activating group) is 1. The van der Waals surface area contributed by atoms with Gasteiger partial charge in [0, 0.05) is 68.4 Å². The van der Waals surface area contributed by atoms with Gasteiger partial charge in [-0.05, 0) is 44.2 Å². The summed E-state index contributed by atoms with van der Waals surface area (Å²) in [6.07, 6.45) is 3.14. The van der Waals surface area contributed by atoms with Gasteiger partial charge >= 0.3 is 0 Å². The molecule has 1 aromatic heterocycles. The molecule has 0 aliphatic carbocycles. The van der Waals surface area contributed by atoms with Crippen LogP contribution in [-0.4, -0.2) is 78.5 Å². The molecule has 0 radical (unpaired) electrons. The molecule has 4 heterocycles. The third-order valence-corrected chi connectivity index (χ3v) is 6.85. The van der Waals surface area contributed by atoms with E-state index in [9.17, 15) is 4.79 Å². The Morgan fingerprint density at radius 2 is 1.61 bits per heavy atom. The number of aromatic nitrogens is 2. The van der Waals surface area contributed by atoms with Crippen LogP contribution < -0.4 is 9.80 Å². The normalized spacial score (nSPS) is 19.6. The number of amides is 1. The molecule has 0 N–H and O–H groups in total. The molecule has 3 aliphatic rings. The van der Waals surface area contributed by atoms with Crippen LogP contribution in [0.1, 0.15) is 34.5 Å². The number of carbonyl (C=O) groups excluding carboxylic acids is 1. The number of benzene rings is 1. The SMILES string of the molecule is CN1CCN(c2nc3c(c(N4CCCC4)n2)CN(C(=O)c2ccc(Cl)cc2)CC3)CC1. The molecule has 3 aliphatic heterocycles. The van der Waals surface area contributed by atoms with Crippen molar-refractivity contribution in [3.63, 3.8) is 0 Å². The van der Waals surface area contributed by atoms with Crippen molar-refractivity contribution in [1.82, 2.24) is 19.8 Å². The van der Waals surface area contributed by atoms with Crippen LogP contribution in [0.2, 0.25) is 5.02 Å². The molecular formula is C23H29ClN6O. The maximum absolute atomic E-state index is 13.1. The Balaban J connectivity index is 1.44. The minimum Gasteiger partial charge on any atom is -0.356 e. The highest BCUT2D eigenvalue weighted by molar-refractivity contribution is 6.30. The Hall–Kier alpha value is -2.38. The average molecular weight is 441 g/mol. The molecule has 0 unspecified atom stereocenters. The molecule has 7 nitrogen and oxygen atoms in total. The number of rotatable bonds is 3. The van der Waals surface area contributed by atoms with Gasteiger partial charge in [-0.3, -0.25) is 4.79 Å². The molecule has 31 heavy (non-hydrogen) atoms. The zero-order valence-corrected chi connectivity index (χ0v) is 18.8. The average Bonchev–Trinajstić information content (AvgIpc) is 3.33. The highest BCUT2D eigenvalue weighted by Crippen LogP contribution is 2.31. The van der Waals surface area contributed by atoms with Gasteiger partial charge in [-0.15, -0.1) is 0 Å². The summed E-state index contributed by atoms with van der Waals surface area (Å²) in [7, 11) is 2.16. The fourth-order valence-electron chi connectivity index (χ4n) is 4.67. The van der Waals surface area contributed by atoms with Crippen molar-refractivity contribution < 1.29 is 4.79 Å². The van der Waals surface area contributed by atoms with E-state index >= 15 is 0 Å². The van der Waals surface area contributed by atoms with Gasteiger partial charge in [-0.2, -0.15) is 4.98 Å². The van der Waals surface area contributed by atoms with E-state index in [1.807, 2.05) is 4.90 Å². The molecule has 2 saturated heterocycles. The van der Waals surface area contributed by atoms with Gasteiger partial charge in [0.2, 0.25) is 5.95 Å². The number of halogens is 1. The Morgan fingerprint density at radius 1 is 0.903 bits per heavy atom. The summed E-state index contributed by atoms with van der Waals surface area (Å²) in [5.74, 6) is 1.93. The lowest BCUT2D eigenvalue weighted by molar-refractivity contribution is 0.0733. The first-order chi connectivity index (χ1) is 15.1. The van der Waals surface area contributed by atoms with Crippen LogP contribution in [0.25, 0.3) is 0 Å². The Kier molecular flexibility index (Phi) is 5.71. The summed E-state index contributed by atoms with van der Waals surface area (Å²) >= 11 is 6.00. The van der Waals surface area contributed by atoms with E-state index in [-0.39, 0.29) is 5.91 Å². The van der Waals surface area contributed by atoms with Gasteiger partial charge in [-0.25, -0.2) is 4.98 Å². The van der Waals surface area contributed by atoms with Crippen LogP contribution in [0.5, 0.6) is 0 Å². The summed E-state index contributed by atoms with van der Waals surface area (Å²) in [4.78, 5) is 32.1. The van der Waals surface area contributed by atoms with Crippen LogP contribution >= 0.6 is 11.6 Å². The highest BCUT2D eigenvalue weighted by Gasteiger charge is 2.30. The summed E-state index contributed by atoms with van der Waals surface area (Å²) in [5.41, 5.74) is 2.89. The highest BCUT2D eigenvalue weighted by atomic mass is 35.5. The predicted octanol–water partition coefficient (Wildman–Crippen LogP) is 2.68. The third-order valence-electron chi connectivity index (χ3n) is 6.60. The zero-order valence-electron chi connectivity index (χ0n) is 18.1. The molecule has 0 spiro atoms. The van der Waals surface area contributed by atoms with Crippen molar-refractivity contribution in [1.29, 1.82) is 0 Å². The van der Waals surface area contributed by atoms with Crippen molar-refractivity contribution in [3.05, 3.63) is 46.1 Å². The standard InChI is InChI=1S/C23H29ClN6O/c1-27-12-14-29(15-13-27)23-25-20-8-11-30(22(31)17-4-6-18(24)7-5-17)16-19(20)21(26-23)28-9-2-3-10-28/h4-7H,2-3,8-16H2,1H3. The van der Waals surface area contributed by atoms with Crippen molar-refractivity contribution in [2.75, 3.05) is 62.7 Å². The Bertz CT molecular complexity index is 951. The van der Waals surface area contributed by atoms with Crippen molar-refractivity contribution in [2.45, 2.75) is 25.8 Å². The summed E-state index contributed by atoms with van der Waals surface area (Å²) in [6, 6.07) is 7.14. The van der Waals surface area contributed by atoms with Gasteiger partial charge in [0.05, 0.1) is 12.2 Å². The minimum absolute atomic E-state index is 0.0397. The molecule has 1 aromatic carbocycles. The number of carbonyl (C=O) groups is 1. The first-order valence-electron chi connectivity index (χ1n) is 11.2. The molecule has 0 atom stereocenters. The molecular weight excluding hydrogens is 412 g/mol. The van der Waals surface area contributed by atoms with Crippen molar-refractivity contribution >= 4 is 29.3 Å². The van der Waals surface area contributed by atoms with Gasteiger partial charge in [0.1, 0.15) is 5.82 Å². The maximum atomic E-state index is 13.1. The smallest absolute Gasteiger partial charge is 0.254 e. The number of hydrogen-bond donors (Lipinski definition) is 0. The fraction of sp³-hybridized carbons (Fsp3) is 0.522. The quantitative estimate of drug-likeness (QED) is 0.731. The second-order valence-corrected chi connectivity index (χ2v) is 9.18. The van der Waals surface area contributed by atoms with E-state index in [1.54, 1.807) is 24.3 Å². The zero-order chi connectivity index (χ0) is 21.4. The van der Waals surface area contributed by atoms with E-state index < -0.39 is 0 Å². The van der Waals surface area contributed by atoms with Crippen LogP contribution in [0.3, 0.4) is 0 Å². The van der Waals surface area contributed by atoms with Gasteiger partial charge < -0.3 is 19.6 Å². The second-order valence-electron chi connectivity index (χ2n) is 8.74. The molecule has 1 amide bonds. The van der Waals surface area contributed by atoms with Crippen LogP contribution in [0.15, 0.2) is 24.3 Å². The van der Waals surface area contributed by atoms with Gasteiger partial charge in [0.25, 0.3) is 5.91 Å². The second kappa shape index (κ2) is 8.63. The Morgan fingerprint density at radius 3 is 2.32 bits per heavy atom. The van der Waals surface area contributed by atoms with E-state index in [4.69, 9.17) is 21.6 Å². The first kappa shape index (κ1) is 20.5. The number of piperazine rings is 1.